The Morgan fingerprint density at radius 2 is 1.79 bits per heavy atom. The first-order valence-electron chi connectivity index (χ1n) is 13.5. The van der Waals surface area contributed by atoms with Crippen molar-refractivity contribution in [1.82, 2.24) is 9.80 Å². The van der Waals surface area contributed by atoms with Crippen LogP contribution in [0, 0.1) is 5.82 Å². The van der Waals surface area contributed by atoms with Crippen LogP contribution >= 0.6 is 23.2 Å². The Labute approximate surface area is 239 Å². The van der Waals surface area contributed by atoms with Crippen LogP contribution in [0.15, 0.2) is 66.7 Å². The monoisotopic (exact) mass is 570 g/mol. The van der Waals surface area contributed by atoms with Gasteiger partial charge in [-0.15, -0.1) is 0 Å². The lowest BCUT2D eigenvalue weighted by atomic mass is 9.95. The fourth-order valence-corrected chi connectivity index (χ4v) is 5.63. The van der Waals surface area contributed by atoms with E-state index in [0.29, 0.717) is 40.9 Å². The predicted molar refractivity (Wildman–Crippen MR) is 153 cm³/mol. The predicted octanol–water partition coefficient (Wildman–Crippen LogP) is 6.67. The van der Waals surface area contributed by atoms with Gasteiger partial charge in [0, 0.05) is 44.4 Å². The number of hydrogen-bond acceptors (Lipinski definition) is 4. The highest BCUT2D eigenvalue weighted by molar-refractivity contribution is 6.42. The maximum absolute atomic E-state index is 14.9. The molecule has 8 heteroatoms. The van der Waals surface area contributed by atoms with E-state index in [0.717, 1.165) is 43.8 Å². The average molecular weight is 572 g/mol. The lowest BCUT2D eigenvalue weighted by Gasteiger charge is -2.39. The van der Waals surface area contributed by atoms with Crippen molar-refractivity contribution in [2.75, 3.05) is 39.3 Å². The Morgan fingerprint density at radius 3 is 2.51 bits per heavy atom. The van der Waals surface area contributed by atoms with Crippen LogP contribution in [0.4, 0.5) is 4.39 Å². The second-order valence-electron chi connectivity index (χ2n) is 10.3. The maximum atomic E-state index is 14.9. The first kappa shape index (κ1) is 27.9. The summed E-state index contributed by atoms with van der Waals surface area (Å²) in [7, 11) is 0. The molecule has 2 aliphatic heterocycles. The molecule has 0 N–H and O–H groups in total. The van der Waals surface area contributed by atoms with Crippen LogP contribution in [-0.2, 0) is 9.53 Å². The third-order valence-corrected chi connectivity index (χ3v) is 8.33. The van der Waals surface area contributed by atoms with Crippen molar-refractivity contribution in [1.29, 1.82) is 0 Å². The summed E-state index contributed by atoms with van der Waals surface area (Å²) < 4.78 is 27.1. The van der Waals surface area contributed by atoms with E-state index in [9.17, 15) is 9.18 Å². The van der Waals surface area contributed by atoms with E-state index in [2.05, 4.69) is 4.90 Å². The van der Waals surface area contributed by atoms with E-state index >= 15 is 0 Å². The van der Waals surface area contributed by atoms with Gasteiger partial charge < -0.3 is 19.3 Å². The van der Waals surface area contributed by atoms with Gasteiger partial charge in [0.15, 0.2) is 0 Å². The molecular formula is C31H33Cl2FN2O3. The van der Waals surface area contributed by atoms with Crippen molar-refractivity contribution < 1.29 is 18.7 Å². The van der Waals surface area contributed by atoms with E-state index < -0.39 is 5.92 Å². The smallest absolute Gasteiger partial charge is 0.230 e. The number of rotatable bonds is 7. The quantitative estimate of drug-likeness (QED) is 0.318. The number of morpholine rings is 1. The van der Waals surface area contributed by atoms with E-state index in [4.69, 9.17) is 32.7 Å². The van der Waals surface area contributed by atoms with Crippen molar-refractivity contribution in [2.45, 2.75) is 37.9 Å². The van der Waals surface area contributed by atoms with Crippen LogP contribution < -0.4 is 4.74 Å². The van der Waals surface area contributed by atoms with Gasteiger partial charge in [0.05, 0.1) is 28.7 Å². The van der Waals surface area contributed by atoms with Crippen LogP contribution in [0.1, 0.15) is 31.2 Å². The number of hydrogen-bond donors (Lipinski definition) is 0. The summed E-state index contributed by atoms with van der Waals surface area (Å²) >= 11 is 12.1. The number of piperidine rings is 1. The molecule has 1 amide bonds. The molecule has 39 heavy (non-hydrogen) atoms. The SMILES string of the molecule is CC(C(=O)N1CCOC(CN2CCC(Oc3ccc(Cl)c(Cl)c3)CC2)C1)c1ccc(-c2ccccc2)c(F)c1. The average Bonchev–Trinajstić information content (AvgIpc) is 2.96. The molecule has 2 aliphatic rings. The number of carbonyl (C=O) groups excluding carboxylic acids is 1. The lowest BCUT2D eigenvalue weighted by Crippen LogP contribution is -2.51. The zero-order valence-corrected chi connectivity index (χ0v) is 23.5. The normalized spacial score (nSPS) is 19.6. The molecule has 5 nitrogen and oxygen atoms in total. The molecule has 2 saturated heterocycles. The highest BCUT2D eigenvalue weighted by Gasteiger charge is 2.30. The second-order valence-corrected chi connectivity index (χ2v) is 11.1. The molecule has 0 saturated carbocycles. The third-order valence-electron chi connectivity index (χ3n) is 7.59. The molecule has 206 valence electrons. The molecule has 5 rings (SSSR count). The van der Waals surface area contributed by atoms with Gasteiger partial charge >= 0.3 is 0 Å². The minimum absolute atomic E-state index is 0.00361. The molecule has 2 atom stereocenters. The van der Waals surface area contributed by atoms with E-state index in [1.807, 2.05) is 54.3 Å². The molecule has 0 aliphatic carbocycles. The first-order chi connectivity index (χ1) is 18.9. The summed E-state index contributed by atoms with van der Waals surface area (Å²) in [5, 5.41) is 1.00. The van der Waals surface area contributed by atoms with Gasteiger partial charge in [-0.25, -0.2) is 4.39 Å². The number of amides is 1. The molecule has 2 fully saturated rings. The van der Waals surface area contributed by atoms with E-state index in [-0.39, 0.29) is 23.9 Å². The van der Waals surface area contributed by atoms with Crippen LogP contribution in [0.2, 0.25) is 10.0 Å². The van der Waals surface area contributed by atoms with Gasteiger partial charge in [-0.05, 0) is 49.1 Å². The molecule has 0 bridgehead atoms. The topological polar surface area (TPSA) is 42.0 Å². The summed E-state index contributed by atoms with van der Waals surface area (Å²) in [6.45, 7) is 5.98. The second kappa shape index (κ2) is 12.7. The summed E-state index contributed by atoms with van der Waals surface area (Å²) in [4.78, 5) is 17.6. The number of nitrogens with zero attached hydrogens (tertiary/aromatic N) is 2. The molecule has 0 radical (unpaired) electrons. The van der Waals surface area contributed by atoms with Crippen molar-refractivity contribution in [3.05, 3.63) is 88.2 Å². The Hall–Kier alpha value is -2.64. The lowest BCUT2D eigenvalue weighted by molar-refractivity contribution is -0.140. The molecular weight excluding hydrogens is 538 g/mol. The Bertz CT molecular complexity index is 1280. The van der Waals surface area contributed by atoms with E-state index in [1.54, 1.807) is 18.2 Å². The zero-order valence-electron chi connectivity index (χ0n) is 22.0. The number of carbonyl (C=O) groups is 1. The van der Waals surface area contributed by atoms with Gasteiger partial charge in [-0.1, -0.05) is 65.7 Å². The van der Waals surface area contributed by atoms with Crippen LogP contribution in [-0.4, -0.2) is 67.2 Å². The number of benzene rings is 3. The first-order valence-corrected chi connectivity index (χ1v) is 14.2. The van der Waals surface area contributed by atoms with Crippen LogP contribution in [0.3, 0.4) is 0 Å². The summed E-state index contributed by atoms with van der Waals surface area (Å²) in [5.74, 6) is -0.0118. The van der Waals surface area contributed by atoms with E-state index in [1.165, 1.54) is 6.07 Å². The fraction of sp³-hybridized carbons (Fsp3) is 0.387. The van der Waals surface area contributed by atoms with Crippen LogP contribution in [0.25, 0.3) is 11.1 Å². The largest absolute Gasteiger partial charge is 0.490 e. The summed E-state index contributed by atoms with van der Waals surface area (Å²) in [5.41, 5.74) is 2.04. The summed E-state index contributed by atoms with van der Waals surface area (Å²) in [6.07, 6.45) is 1.87. The van der Waals surface area contributed by atoms with Gasteiger partial charge in [-0.2, -0.15) is 0 Å². The molecule has 2 heterocycles. The highest BCUT2D eigenvalue weighted by atomic mass is 35.5. The van der Waals surface area contributed by atoms with Gasteiger partial charge in [0.2, 0.25) is 5.91 Å². The third kappa shape index (κ3) is 6.93. The zero-order chi connectivity index (χ0) is 27.4. The molecule has 3 aromatic carbocycles. The number of ether oxygens (including phenoxy) is 2. The van der Waals surface area contributed by atoms with Crippen molar-refractivity contribution in [3.63, 3.8) is 0 Å². The van der Waals surface area contributed by atoms with Gasteiger partial charge in [0.1, 0.15) is 17.7 Å². The number of likely N-dealkylation sites (tertiary alicyclic amines) is 1. The Kier molecular flexibility index (Phi) is 9.08. The minimum Gasteiger partial charge on any atom is -0.490 e. The van der Waals surface area contributed by atoms with Gasteiger partial charge in [-0.3, -0.25) is 4.79 Å². The van der Waals surface area contributed by atoms with Gasteiger partial charge in [0.25, 0.3) is 0 Å². The number of halogens is 3. The molecule has 0 spiro atoms. The minimum atomic E-state index is -0.433. The van der Waals surface area contributed by atoms with Crippen molar-refractivity contribution in [2.24, 2.45) is 0 Å². The van der Waals surface area contributed by atoms with Crippen molar-refractivity contribution in [3.8, 4) is 16.9 Å². The van der Waals surface area contributed by atoms with Crippen LogP contribution in [0.5, 0.6) is 5.75 Å². The molecule has 2 unspecified atom stereocenters. The standard InChI is InChI=1S/C31H33Cl2FN2O3/c1-21(23-7-9-27(30(34)17-23)22-5-3-2-4-6-22)31(37)36-15-16-38-26(20-36)19-35-13-11-24(12-14-35)39-25-8-10-28(32)29(33)18-25/h2-10,17-18,21,24,26H,11-16,19-20H2,1H3. The summed E-state index contributed by atoms with van der Waals surface area (Å²) in [6, 6.07) is 19.9. The highest BCUT2D eigenvalue weighted by Crippen LogP contribution is 2.29. The van der Waals surface area contributed by atoms with Crippen molar-refractivity contribution >= 4 is 29.1 Å². The fourth-order valence-electron chi connectivity index (χ4n) is 5.34. The molecule has 3 aromatic rings. The maximum Gasteiger partial charge on any atom is 0.230 e. The molecule has 0 aromatic heterocycles. The Morgan fingerprint density at radius 1 is 1.03 bits per heavy atom. The Balaban J connectivity index is 1.12.